The van der Waals surface area contributed by atoms with Crippen LogP contribution in [0, 0.1) is 0 Å². The Hall–Kier alpha value is -2.49. The monoisotopic (exact) mass is 552 g/mol. The molecule has 1 unspecified atom stereocenters. The van der Waals surface area contributed by atoms with Crippen molar-refractivity contribution in [2.45, 2.75) is 39.3 Å². The predicted molar refractivity (Wildman–Crippen MR) is 138 cm³/mol. The molecule has 1 amide bonds. The Balaban J connectivity index is 0.00000363. The van der Waals surface area contributed by atoms with E-state index in [9.17, 15) is 4.79 Å². The van der Waals surface area contributed by atoms with Crippen molar-refractivity contribution in [1.82, 2.24) is 15.5 Å². The van der Waals surface area contributed by atoms with Crippen molar-refractivity contribution in [3.63, 3.8) is 0 Å². The molecule has 7 nitrogen and oxygen atoms in total. The van der Waals surface area contributed by atoms with Crippen LogP contribution in [0.4, 0.5) is 0 Å². The summed E-state index contributed by atoms with van der Waals surface area (Å²) in [4.78, 5) is 18.5. The number of para-hydroxylation sites is 2. The highest BCUT2D eigenvalue weighted by Crippen LogP contribution is 2.30. The zero-order valence-corrected chi connectivity index (χ0v) is 21.3. The number of likely N-dealkylation sites (tertiary alicyclic amines) is 1. The van der Waals surface area contributed by atoms with Crippen molar-refractivity contribution < 1.29 is 14.3 Å². The largest absolute Gasteiger partial charge is 0.493 e. The molecule has 2 aromatic rings. The first-order valence-corrected chi connectivity index (χ1v) is 10.8. The molecule has 0 spiro atoms. The summed E-state index contributed by atoms with van der Waals surface area (Å²) < 4.78 is 11.3. The standard InChI is InChI=1S/C24H32N4O3.HI/c1-4-23(29)28-15-14-19(17-28)27-24(25-5-2)26-16-18-10-12-20(13-11-18)31-22-9-7-6-8-21(22)30-3;/h6-13,19H,4-5,14-17H2,1-3H3,(H2,25,26,27);1H. The van der Waals surface area contributed by atoms with Crippen LogP contribution < -0.4 is 20.1 Å². The van der Waals surface area contributed by atoms with Crippen LogP contribution in [-0.4, -0.2) is 49.6 Å². The number of carbonyl (C=O) groups is 1. The number of rotatable bonds is 8. The average molecular weight is 552 g/mol. The maximum absolute atomic E-state index is 11.9. The highest BCUT2D eigenvalue weighted by Gasteiger charge is 2.25. The molecule has 0 radical (unpaired) electrons. The summed E-state index contributed by atoms with van der Waals surface area (Å²) in [7, 11) is 1.63. The number of ether oxygens (including phenoxy) is 2. The number of hydrogen-bond donors (Lipinski definition) is 2. The molecule has 2 aromatic carbocycles. The molecule has 8 heteroatoms. The fourth-order valence-electron chi connectivity index (χ4n) is 3.50. The molecule has 0 saturated carbocycles. The van der Waals surface area contributed by atoms with Gasteiger partial charge in [-0.1, -0.05) is 31.2 Å². The number of nitrogens with one attached hydrogen (secondary N) is 2. The van der Waals surface area contributed by atoms with E-state index in [-0.39, 0.29) is 35.9 Å². The minimum absolute atomic E-state index is 0. The Morgan fingerprint density at radius 3 is 2.50 bits per heavy atom. The molecule has 3 rings (SSSR count). The minimum Gasteiger partial charge on any atom is -0.493 e. The van der Waals surface area contributed by atoms with Crippen LogP contribution >= 0.6 is 24.0 Å². The molecule has 0 aromatic heterocycles. The van der Waals surface area contributed by atoms with Crippen molar-refractivity contribution in [3.8, 4) is 17.2 Å². The van der Waals surface area contributed by atoms with E-state index in [4.69, 9.17) is 14.5 Å². The van der Waals surface area contributed by atoms with Gasteiger partial charge in [-0.25, -0.2) is 4.99 Å². The van der Waals surface area contributed by atoms with Gasteiger partial charge >= 0.3 is 0 Å². The van der Waals surface area contributed by atoms with Gasteiger partial charge in [0.1, 0.15) is 5.75 Å². The number of carbonyl (C=O) groups excluding carboxylic acids is 1. The van der Waals surface area contributed by atoms with Gasteiger partial charge in [0.05, 0.1) is 13.7 Å². The zero-order valence-electron chi connectivity index (χ0n) is 19.0. The first-order chi connectivity index (χ1) is 15.1. The normalized spacial score (nSPS) is 15.7. The van der Waals surface area contributed by atoms with E-state index < -0.39 is 0 Å². The van der Waals surface area contributed by atoms with Crippen molar-refractivity contribution in [3.05, 3.63) is 54.1 Å². The maximum Gasteiger partial charge on any atom is 0.222 e. The fourth-order valence-corrected chi connectivity index (χ4v) is 3.50. The second-order valence-electron chi connectivity index (χ2n) is 7.42. The summed E-state index contributed by atoms with van der Waals surface area (Å²) in [5.74, 6) is 3.11. The summed E-state index contributed by atoms with van der Waals surface area (Å²) in [6, 6.07) is 15.7. The molecule has 2 N–H and O–H groups in total. The summed E-state index contributed by atoms with van der Waals surface area (Å²) in [6.45, 7) is 6.81. The highest BCUT2D eigenvalue weighted by atomic mass is 127. The lowest BCUT2D eigenvalue weighted by Gasteiger charge is -2.18. The van der Waals surface area contributed by atoms with E-state index in [1.165, 1.54) is 0 Å². The van der Waals surface area contributed by atoms with E-state index in [0.717, 1.165) is 43.3 Å². The van der Waals surface area contributed by atoms with E-state index >= 15 is 0 Å². The third kappa shape index (κ3) is 7.29. The maximum atomic E-state index is 11.9. The topological polar surface area (TPSA) is 75.2 Å². The smallest absolute Gasteiger partial charge is 0.222 e. The molecule has 1 heterocycles. The predicted octanol–water partition coefficient (Wildman–Crippen LogP) is 4.17. The molecule has 1 aliphatic rings. The summed E-state index contributed by atoms with van der Waals surface area (Å²) >= 11 is 0. The Bertz CT molecular complexity index is 889. The number of halogens is 1. The highest BCUT2D eigenvalue weighted by molar-refractivity contribution is 14.0. The van der Waals surface area contributed by atoms with Gasteiger partial charge < -0.3 is 25.0 Å². The molecule has 0 aliphatic carbocycles. The number of amides is 1. The van der Waals surface area contributed by atoms with Crippen molar-refractivity contribution in [2.75, 3.05) is 26.7 Å². The first-order valence-electron chi connectivity index (χ1n) is 10.8. The summed E-state index contributed by atoms with van der Waals surface area (Å²) in [6.07, 6.45) is 1.49. The third-order valence-corrected chi connectivity index (χ3v) is 5.17. The van der Waals surface area contributed by atoms with Crippen molar-refractivity contribution >= 4 is 35.8 Å². The number of hydrogen-bond acceptors (Lipinski definition) is 4. The molecule has 1 fully saturated rings. The van der Waals surface area contributed by atoms with Crippen LogP contribution in [0.15, 0.2) is 53.5 Å². The van der Waals surface area contributed by atoms with Crippen LogP contribution in [0.5, 0.6) is 17.2 Å². The van der Waals surface area contributed by atoms with Crippen LogP contribution in [0.3, 0.4) is 0 Å². The summed E-state index contributed by atoms with van der Waals surface area (Å²) in [5, 5.41) is 6.75. The second-order valence-corrected chi connectivity index (χ2v) is 7.42. The summed E-state index contributed by atoms with van der Waals surface area (Å²) in [5.41, 5.74) is 1.08. The van der Waals surface area contributed by atoms with Gasteiger partial charge in [0.2, 0.25) is 5.91 Å². The lowest BCUT2D eigenvalue weighted by molar-refractivity contribution is -0.129. The van der Waals surface area contributed by atoms with Crippen LogP contribution in [-0.2, 0) is 11.3 Å². The Kier molecular flexibility index (Phi) is 10.6. The van der Waals surface area contributed by atoms with Crippen LogP contribution in [0.1, 0.15) is 32.3 Å². The van der Waals surface area contributed by atoms with Crippen LogP contribution in [0.2, 0.25) is 0 Å². The number of guanidine groups is 1. The molecular formula is C24H33IN4O3. The lowest BCUT2D eigenvalue weighted by Crippen LogP contribution is -2.45. The zero-order chi connectivity index (χ0) is 22.1. The fraction of sp³-hybridized carbons (Fsp3) is 0.417. The number of aliphatic imine (C=N–C) groups is 1. The van der Waals surface area contributed by atoms with E-state index in [1.54, 1.807) is 7.11 Å². The quantitative estimate of drug-likeness (QED) is 0.292. The molecule has 1 aliphatic heterocycles. The molecule has 32 heavy (non-hydrogen) atoms. The second kappa shape index (κ2) is 13.1. The van der Waals surface area contributed by atoms with Gasteiger partial charge in [0.25, 0.3) is 0 Å². The third-order valence-electron chi connectivity index (χ3n) is 5.17. The lowest BCUT2D eigenvalue weighted by atomic mass is 10.2. The minimum atomic E-state index is 0. The molecule has 1 saturated heterocycles. The molecular weight excluding hydrogens is 519 g/mol. The van der Waals surface area contributed by atoms with E-state index in [0.29, 0.717) is 24.5 Å². The van der Waals surface area contributed by atoms with Gasteiger partial charge in [-0.2, -0.15) is 0 Å². The molecule has 174 valence electrons. The molecule has 0 bridgehead atoms. The van der Waals surface area contributed by atoms with Crippen molar-refractivity contribution in [2.24, 2.45) is 4.99 Å². The number of nitrogens with zero attached hydrogens (tertiary/aromatic N) is 2. The van der Waals surface area contributed by atoms with Gasteiger partial charge in [-0.05, 0) is 43.2 Å². The van der Waals surface area contributed by atoms with Gasteiger partial charge in [0.15, 0.2) is 17.5 Å². The van der Waals surface area contributed by atoms with Crippen LogP contribution in [0.25, 0.3) is 0 Å². The van der Waals surface area contributed by atoms with E-state index in [1.807, 2.05) is 67.3 Å². The van der Waals surface area contributed by atoms with E-state index in [2.05, 4.69) is 10.6 Å². The number of benzene rings is 2. The van der Waals surface area contributed by atoms with Gasteiger partial charge in [0, 0.05) is 32.1 Å². The Labute approximate surface area is 207 Å². The first kappa shape index (κ1) is 25.8. The van der Waals surface area contributed by atoms with Gasteiger partial charge in [-0.3, -0.25) is 4.79 Å². The Morgan fingerprint density at radius 2 is 1.84 bits per heavy atom. The SMILES string of the molecule is CCNC(=NCc1ccc(Oc2ccccc2OC)cc1)NC1CCN(C(=O)CC)C1.I. The van der Waals surface area contributed by atoms with Gasteiger partial charge in [-0.15, -0.1) is 24.0 Å². The van der Waals surface area contributed by atoms with Crippen molar-refractivity contribution in [1.29, 1.82) is 0 Å². The number of methoxy groups -OCH3 is 1. The molecule has 1 atom stereocenters. The average Bonchev–Trinajstić information content (AvgIpc) is 3.27. The Morgan fingerprint density at radius 1 is 1.12 bits per heavy atom.